The van der Waals surface area contributed by atoms with Crippen molar-refractivity contribution in [1.82, 2.24) is 0 Å². The number of hydrogen-bond donors (Lipinski definition) is 0. The zero-order valence-corrected chi connectivity index (χ0v) is 10.0. The monoisotopic (exact) mass is 236 g/mol. The van der Waals surface area contributed by atoms with Crippen molar-refractivity contribution in [2.24, 2.45) is 0 Å². The maximum absolute atomic E-state index is 11.0. The van der Waals surface area contributed by atoms with Gasteiger partial charge in [-0.3, -0.25) is 4.79 Å². The Morgan fingerprint density at radius 2 is 1.78 bits per heavy atom. The summed E-state index contributed by atoms with van der Waals surface area (Å²) in [7, 11) is 1.55. The molecule has 88 valence electrons. The van der Waals surface area contributed by atoms with E-state index in [1.807, 2.05) is 30.3 Å². The van der Waals surface area contributed by atoms with Crippen molar-refractivity contribution in [3.8, 4) is 29.2 Å². The number of terminal acetylenes is 1. The van der Waals surface area contributed by atoms with E-state index in [2.05, 4.69) is 5.92 Å². The lowest BCUT2D eigenvalue weighted by Gasteiger charge is -2.07. The summed E-state index contributed by atoms with van der Waals surface area (Å²) in [5.41, 5.74) is 3.35. The molecule has 0 spiro atoms. The van der Waals surface area contributed by atoms with E-state index in [1.165, 1.54) is 0 Å². The molecule has 2 heteroatoms. The molecule has 0 aromatic heterocycles. The van der Waals surface area contributed by atoms with Crippen molar-refractivity contribution in [2.75, 3.05) is 7.11 Å². The maximum atomic E-state index is 11.0. The molecular formula is C16H12O2. The van der Waals surface area contributed by atoms with Crippen LogP contribution in [0.25, 0.3) is 11.1 Å². The summed E-state index contributed by atoms with van der Waals surface area (Å²) >= 11 is 0. The molecule has 0 saturated carbocycles. The molecule has 2 aromatic rings. The third-order valence-electron chi connectivity index (χ3n) is 2.74. The number of benzene rings is 2. The zero-order chi connectivity index (χ0) is 13.0. The predicted octanol–water partition coefficient (Wildman–Crippen LogP) is 3.16. The predicted molar refractivity (Wildman–Crippen MR) is 71.8 cm³/mol. The minimum Gasteiger partial charge on any atom is -0.496 e. The summed E-state index contributed by atoms with van der Waals surface area (Å²) in [5, 5.41) is 0. The Kier molecular flexibility index (Phi) is 3.45. The Balaban J connectivity index is 2.44. The van der Waals surface area contributed by atoms with Crippen LogP contribution >= 0.6 is 0 Å². The first-order chi connectivity index (χ1) is 8.78. The van der Waals surface area contributed by atoms with Crippen molar-refractivity contribution < 1.29 is 9.53 Å². The number of methoxy groups -OCH3 is 1. The van der Waals surface area contributed by atoms with Gasteiger partial charge >= 0.3 is 0 Å². The van der Waals surface area contributed by atoms with Gasteiger partial charge in [0.15, 0.2) is 6.29 Å². The quantitative estimate of drug-likeness (QED) is 0.604. The van der Waals surface area contributed by atoms with Crippen LogP contribution in [0.3, 0.4) is 0 Å². The highest BCUT2D eigenvalue weighted by atomic mass is 16.5. The molecule has 0 aliphatic heterocycles. The van der Waals surface area contributed by atoms with E-state index in [4.69, 9.17) is 11.2 Å². The van der Waals surface area contributed by atoms with Crippen LogP contribution in [0.1, 0.15) is 15.9 Å². The molecule has 0 unspecified atom stereocenters. The van der Waals surface area contributed by atoms with E-state index in [0.717, 1.165) is 23.0 Å². The topological polar surface area (TPSA) is 26.3 Å². The number of hydrogen-bond acceptors (Lipinski definition) is 2. The summed E-state index contributed by atoms with van der Waals surface area (Å²) in [4.78, 5) is 11.0. The number of carbonyl (C=O) groups excluding carboxylic acids is 1. The lowest BCUT2D eigenvalue weighted by atomic mass is 10.0. The first kappa shape index (κ1) is 11.9. The molecule has 0 aliphatic rings. The molecular weight excluding hydrogens is 224 g/mol. The maximum Gasteiger partial charge on any atom is 0.153 e. The lowest BCUT2D eigenvalue weighted by Crippen LogP contribution is -1.91. The van der Waals surface area contributed by atoms with Gasteiger partial charge in [-0.25, -0.2) is 0 Å². The van der Waals surface area contributed by atoms with Gasteiger partial charge in [0.05, 0.1) is 12.7 Å². The average molecular weight is 236 g/mol. The van der Waals surface area contributed by atoms with Crippen LogP contribution in [0.4, 0.5) is 0 Å². The second-order valence-electron chi connectivity index (χ2n) is 3.80. The van der Waals surface area contributed by atoms with Gasteiger partial charge in [0.2, 0.25) is 0 Å². The van der Waals surface area contributed by atoms with Crippen LogP contribution in [-0.4, -0.2) is 13.4 Å². The van der Waals surface area contributed by atoms with Gasteiger partial charge in [0.1, 0.15) is 5.75 Å². The van der Waals surface area contributed by atoms with Crippen molar-refractivity contribution in [3.05, 3.63) is 53.6 Å². The number of aldehydes is 1. The minimum atomic E-state index is 0.538. The highest BCUT2D eigenvalue weighted by Gasteiger charge is 2.04. The second kappa shape index (κ2) is 5.20. The Hall–Kier alpha value is -2.53. The summed E-state index contributed by atoms with van der Waals surface area (Å²) in [5.74, 6) is 3.15. The molecule has 0 heterocycles. The molecule has 0 saturated heterocycles. The standard InChI is InChI=1S/C16H12O2/c1-3-12-4-6-13(7-5-12)14-8-9-16(18-2)15(10-14)11-17/h1,4-11H,2H3. The van der Waals surface area contributed by atoms with Crippen molar-refractivity contribution >= 4 is 6.29 Å². The van der Waals surface area contributed by atoms with E-state index in [1.54, 1.807) is 19.2 Å². The highest BCUT2D eigenvalue weighted by Crippen LogP contribution is 2.25. The molecule has 2 aromatic carbocycles. The largest absolute Gasteiger partial charge is 0.496 e. The van der Waals surface area contributed by atoms with Gasteiger partial charge < -0.3 is 4.74 Å². The summed E-state index contributed by atoms with van der Waals surface area (Å²) < 4.78 is 5.11. The number of ether oxygens (including phenoxy) is 1. The smallest absolute Gasteiger partial charge is 0.153 e. The Labute approximate surface area is 106 Å². The van der Waals surface area contributed by atoms with Crippen LogP contribution in [0.5, 0.6) is 5.75 Å². The minimum absolute atomic E-state index is 0.538. The third-order valence-corrected chi connectivity index (χ3v) is 2.74. The van der Waals surface area contributed by atoms with Crippen LogP contribution in [0.2, 0.25) is 0 Å². The Morgan fingerprint density at radius 1 is 1.11 bits per heavy atom. The summed E-state index contributed by atoms with van der Waals surface area (Å²) in [6, 6.07) is 13.1. The van der Waals surface area contributed by atoms with Crippen LogP contribution in [0, 0.1) is 12.3 Å². The fraction of sp³-hybridized carbons (Fsp3) is 0.0625. The van der Waals surface area contributed by atoms with Gasteiger partial charge in [0, 0.05) is 5.56 Å². The van der Waals surface area contributed by atoms with Gasteiger partial charge in [-0.1, -0.05) is 24.1 Å². The van der Waals surface area contributed by atoms with Crippen molar-refractivity contribution in [2.45, 2.75) is 0 Å². The van der Waals surface area contributed by atoms with E-state index < -0.39 is 0 Å². The van der Waals surface area contributed by atoms with Gasteiger partial charge in [-0.15, -0.1) is 6.42 Å². The second-order valence-corrected chi connectivity index (χ2v) is 3.80. The molecule has 0 bridgehead atoms. The van der Waals surface area contributed by atoms with E-state index >= 15 is 0 Å². The SMILES string of the molecule is C#Cc1ccc(-c2ccc(OC)c(C=O)c2)cc1. The first-order valence-corrected chi connectivity index (χ1v) is 5.48. The van der Waals surface area contributed by atoms with Gasteiger partial charge in [-0.05, 0) is 35.4 Å². The van der Waals surface area contributed by atoms with Crippen LogP contribution < -0.4 is 4.74 Å². The molecule has 0 radical (unpaired) electrons. The summed E-state index contributed by atoms with van der Waals surface area (Å²) in [6.07, 6.45) is 6.10. The van der Waals surface area contributed by atoms with Crippen LogP contribution in [0.15, 0.2) is 42.5 Å². The average Bonchev–Trinajstić information content (AvgIpc) is 2.46. The highest BCUT2D eigenvalue weighted by molar-refractivity contribution is 5.83. The first-order valence-electron chi connectivity index (χ1n) is 5.48. The molecule has 0 aliphatic carbocycles. The fourth-order valence-electron chi connectivity index (χ4n) is 1.76. The van der Waals surface area contributed by atoms with Gasteiger partial charge in [-0.2, -0.15) is 0 Å². The normalized spacial score (nSPS) is 9.56. The molecule has 0 fully saturated rings. The van der Waals surface area contributed by atoms with E-state index in [9.17, 15) is 4.79 Å². The number of carbonyl (C=O) groups is 1. The molecule has 2 nitrogen and oxygen atoms in total. The molecule has 0 atom stereocenters. The van der Waals surface area contributed by atoms with E-state index in [-0.39, 0.29) is 0 Å². The van der Waals surface area contributed by atoms with Crippen molar-refractivity contribution in [1.29, 1.82) is 0 Å². The molecule has 2 rings (SSSR count). The Morgan fingerprint density at radius 3 is 2.33 bits per heavy atom. The lowest BCUT2D eigenvalue weighted by molar-refractivity contribution is 0.112. The Bertz CT molecular complexity index is 604. The third kappa shape index (κ3) is 2.26. The fourth-order valence-corrected chi connectivity index (χ4v) is 1.76. The summed E-state index contributed by atoms with van der Waals surface area (Å²) in [6.45, 7) is 0. The number of rotatable bonds is 3. The van der Waals surface area contributed by atoms with E-state index in [0.29, 0.717) is 11.3 Å². The van der Waals surface area contributed by atoms with Crippen LogP contribution in [-0.2, 0) is 0 Å². The molecule has 0 amide bonds. The molecule has 18 heavy (non-hydrogen) atoms. The molecule has 0 N–H and O–H groups in total. The van der Waals surface area contributed by atoms with Gasteiger partial charge in [0.25, 0.3) is 0 Å². The van der Waals surface area contributed by atoms with Crippen molar-refractivity contribution in [3.63, 3.8) is 0 Å². The zero-order valence-electron chi connectivity index (χ0n) is 10.0.